The second-order valence-electron chi connectivity index (χ2n) is 7.72. The lowest BCUT2D eigenvalue weighted by Gasteiger charge is -2.28. The van der Waals surface area contributed by atoms with Crippen LogP contribution in [0.2, 0.25) is 0 Å². The third-order valence-corrected chi connectivity index (χ3v) is 5.44. The molecule has 2 N–H and O–H groups in total. The zero-order chi connectivity index (χ0) is 21.3. The van der Waals surface area contributed by atoms with Crippen LogP contribution in [0.4, 0.5) is 4.39 Å². The summed E-state index contributed by atoms with van der Waals surface area (Å²) in [7, 11) is 0. The van der Waals surface area contributed by atoms with Gasteiger partial charge in [0.1, 0.15) is 5.82 Å². The lowest BCUT2D eigenvalue weighted by Crippen LogP contribution is -2.46. The largest absolute Gasteiger partial charge is 0.391 e. The number of hydrogen-bond acceptors (Lipinski definition) is 6. The highest BCUT2D eigenvalue weighted by Crippen LogP contribution is 2.22. The van der Waals surface area contributed by atoms with Gasteiger partial charge in [0, 0.05) is 18.0 Å². The van der Waals surface area contributed by atoms with Crippen LogP contribution in [0.15, 0.2) is 41.5 Å². The fourth-order valence-corrected chi connectivity index (χ4v) is 3.85. The molecule has 1 saturated heterocycles. The predicted molar refractivity (Wildman–Crippen MR) is 111 cm³/mol. The molecule has 0 spiro atoms. The molecule has 30 heavy (non-hydrogen) atoms. The summed E-state index contributed by atoms with van der Waals surface area (Å²) >= 11 is 0. The van der Waals surface area contributed by atoms with Crippen molar-refractivity contribution in [1.29, 1.82) is 0 Å². The normalized spacial score (nSPS) is 19.2. The first-order valence-electron chi connectivity index (χ1n) is 9.98. The van der Waals surface area contributed by atoms with Crippen molar-refractivity contribution >= 4 is 16.8 Å². The molecule has 3 heterocycles. The van der Waals surface area contributed by atoms with Crippen LogP contribution in [0.1, 0.15) is 24.8 Å². The number of halogens is 1. The van der Waals surface area contributed by atoms with Gasteiger partial charge in [-0.15, -0.1) is 0 Å². The Hall–Kier alpha value is -2.97. The Balaban J connectivity index is 1.64. The fraction of sp³-hybridized carbons (Fsp3) is 0.364. The minimum absolute atomic E-state index is 0.139. The Kier molecular flexibility index (Phi) is 5.69. The van der Waals surface area contributed by atoms with E-state index in [1.54, 1.807) is 18.2 Å². The van der Waals surface area contributed by atoms with Gasteiger partial charge in [-0.1, -0.05) is 12.1 Å². The molecule has 0 aliphatic carbocycles. The van der Waals surface area contributed by atoms with Crippen molar-refractivity contribution in [2.45, 2.75) is 44.9 Å². The highest BCUT2D eigenvalue weighted by Gasteiger charge is 2.25. The Morgan fingerprint density at radius 1 is 1.33 bits per heavy atom. The van der Waals surface area contributed by atoms with Crippen molar-refractivity contribution in [2.24, 2.45) is 0 Å². The molecule has 0 amide bonds. The number of Topliss-reactive ketones (excluding diaryl/α,β-unsaturated/α-hetero) is 1. The molecule has 0 saturated carbocycles. The quantitative estimate of drug-likeness (QED) is 0.668. The molecule has 2 atom stereocenters. The lowest BCUT2D eigenvalue weighted by molar-refractivity contribution is -0.121. The minimum atomic E-state index is -0.563. The number of aliphatic hydroxyl groups is 1. The number of pyridine rings is 1. The number of nitrogens with one attached hydrogen (secondary N) is 1. The van der Waals surface area contributed by atoms with E-state index in [0.29, 0.717) is 23.2 Å². The smallest absolute Gasteiger partial charge is 0.280 e. The van der Waals surface area contributed by atoms with Gasteiger partial charge in [0.15, 0.2) is 11.3 Å². The molecule has 1 aliphatic rings. The fourth-order valence-electron chi connectivity index (χ4n) is 3.85. The molecule has 0 unspecified atom stereocenters. The molecule has 0 bridgehead atoms. The average molecular weight is 410 g/mol. The molecule has 1 fully saturated rings. The first kappa shape index (κ1) is 20.3. The number of nitrogens with zero attached hydrogens (tertiary/aromatic N) is 3. The second kappa shape index (κ2) is 8.41. The van der Waals surface area contributed by atoms with Crippen molar-refractivity contribution < 1.29 is 14.3 Å². The monoisotopic (exact) mass is 410 g/mol. The van der Waals surface area contributed by atoms with Crippen molar-refractivity contribution in [3.05, 3.63) is 58.4 Å². The van der Waals surface area contributed by atoms with Gasteiger partial charge in [-0.05, 0) is 50.1 Å². The van der Waals surface area contributed by atoms with Gasteiger partial charge in [-0.2, -0.15) is 0 Å². The highest BCUT2D eigenvalue weighted by molar-refractivity contribution is 5.82. The Labute approximate surface area is 172 Å². The van der Waals surface area contributed by atoms with Crippen LogP contribution in [-0.2, 0) is 11.3 Å². The summed E-state index contributed by atoms with van der Waals surface area (Å²) in [6.45, 7) is 2.43. The van der Waals surface area contributed by atoms with Gasteiger partial charge in [-0.3, -0.25) is 14.2 Å². The number of aryl methyl sites for hydroxylation is 1. The Morgan fingerprint density at radius 2 is 2.17 bits per heavy atom. The van der Waals surface area contributed by atoms with E-state index in [1.807, 2.05) is 6.92 Å². The lowest BCUT2D eigenvalue weighted by atomic mass is 9.97. The van der Waals surface area contributed by atoms with E-state index in [-0.39, 0.29) is 36.1 Å². The third-order valence-electron chi connectivity index (χ3n) is 5.44. The summed E-state index contributed by atoms with van der Waals surface area (Å²) in [6.07, 6.45) is 2.46. The maximum Gasteiger partial charge on any atom is 0.280 e. The molecular weight excluding hydrogens is 387 g/mol. The van der Waals surface area contributed by atoms with Gasteiger partial charge in [0.25, 0.3) is 5.56 Å². The second-order valence-corrected chi connectivity index (χ2v) is 7.72. The van der Waals surface area contributed by atoms with Crippen molar-refractivity contribution in [2.75, 3.05) is 6.54 Å². The summed E-state index contributed by atoms with van der Waals surface area (Å²) in [4.78, 5) is 34.2. The number of carbonyl (C=O) groups is 1. The summed E-state index contributed by atoms with van der Waals surface area (Å²) in [6, 6.07) is 7.46. The molecule has 3 aromatic rings. The highest BCUT2D eigenvalue weighted by atomic mass is 19.1. The van der Waals surface area contributed by atoms with Gasteiger partial charge in [-0.25, -0.2) is 14.4 Å². The molecule has 2 aromatic heterocycles. The van der Waals surface area contributed by atoms with Crippen LogP contribution < -0.4 is 10.9 Å². The zero-order valence-electron chi connectivity index (χ0n) is 16.6. The molecule has 1 aromatic carbocycles. The van der Waals surface area contributed by atoms with Crippen LogP contribution in [0.25, 0.3) is 22.3 Å². The van der Waals surface area contributed by atoms with E-state index >= 15 is 0 Å². The standard InChI is InChI=1S/C22H23FN4O3/c1-13-8-17(14-4-2-5-15(23)9-14)26-21-20(13)25-12-27(22(21)30)11-16(28)10-18-19(29)6-3-7-24-18/h2,4-5,8-9,12,18-19,24,29H,3,6-7,10-11H2,1H3/t18-,19+/m1/s1. The third kappa shape index (κ3) is 4.15. The van der Waals surface area contributed by atoms with Crippen molar-refractivity contribution in [3.63, 3.8) is 0 Å². The molecule has 8 heteroatoms. The number of hydrogen-bond donors (Lipinski definition) is 2. The number of rotatable bonds is 5. The molecule has 0 radical (unpaired) electrons. The van der Waals surface area contributed by atoms with Crippen LogP contribution in [0.5, 0.6) is 0 Å². The number of aromatic nitrogens is 3. The van der Waals surface area contributed by atoms with Crippen molar-refractivity contribution in [3.8, 4) is 11.3 Å². The number of benzene rings is 1. The van der Waals surface area contributed by atoms with Crippen LogP contribution >= 0.6 is 0 Å². The van der Waals surface area contributed by atoms with E-state index in [1.165, 1.54) is 23.0 Å². The van der Waals surface area contributed by atoms with E-state index in [4.69, 9.17) is 0 Å². The molecular formula is C22H23FN4O3. The van der Waals surface area contributed by atoms with Gasteiger partial charge >= 0.3 is 0 Å². The molecule has 7 nitrogen and oxygen atoms in total. The first-order chi connectivity index (χ1) is 14.4. The van der Waals surface area contributed by atoms with Crippen LogP contribution in [0, 0.1) is 12.7 Å². The van der Waals surface area contributed by atoms with E-state index in [2.05, 4.69) is 15.3 Å². The average Bonchev–Trinajstić information content (AvgIpc) is 2.72. The molecule has 4 rings (SSSR count). The summed E-state index contributed by atoms with van der Waals surface area (Å²) < 4.78 is 14.8. The number of fused-ring (bicyclic) bond motifs is 1. The van der Waals surface area contributed by atoms with E-state index in [0.717, 1.165) is 18.5 Å². The van der Waals surface area contributed by atoms with Gasteiger partial charge in [0.2, 0.25) is 0 Å². The SMILES string of the molecule is Cc1cc(-c2cccc(F)c2)nc2c(=O)n(CC(=O)C[C@H]3NCCC[C@@H]3O)cnc12. The maximum atomic E-state index is 13.6. The number of carbonyl (C=O) groups excluding carboxylic acids is 1. The minimum Gasteiger partial charge on any atom is -0.391 e. The van der Waals surface area contributed by atoms with Gasteiger partial charge in [0.05, 0.1) is 30.2 Å². The van der Waals surface area contributed by atoms with E-state index in [9.17, 15) is 19.1 Å². The number of ketones is 1. The number of piperidine rings is 1. The first-order valence-corrected chi connectivity index (χ1v) is 9.98. The topological polar surface area (TPSA) is 97.1 Å². The Morgan fingerprint density at radius 3 is 2.93 bits per heavy atom. The zero-order valence-corrected chi connectivity index (χ0v) is 16.6. The Bertz CT molecular complexity index is 1160. The maximum absolute atomic E-state index is 13.6. The van der Waals surface area contributed by atoms with Gasteiger partial charge < -0.3 is 10.4 Å². The summed E-state index contributed by atoms with van der Waals surface area (Å²) in [5.74, 6) is -0.561. The number of aliphatic hydroxyl groups excluding tert-OH is 1. The summed E-state index contributed by atoms with van der Waals surface area (Å²) in [5, 5.41) is 13.2. The molecule has 156 valence electrons. The van der Waals surface area contributed by atoms with Crippen LogP contribution in [0.3, 0.4) is 0 Å². The molecule has 1 aliphatic heterocycles. The van der Waals surface area contributed by atoms with E-state index < -0.39 is 11.7 Å². The summed E-state index contributed by atoms with van der Waals surface area (Å²) in [5.41, 5.74) is 1.94. The van der Waals surface area contributed by atoms with Crippen LogP contribution in [-0.4, -0.2) is 44.1 Å². The predicted octanol–water partition coefficient (Wildman–Crippen LogP) is 1.98. The van der Waals surface area contributed by atoms with Crippen molar-refractivity contribution in [1.82, 2.24) is 19.9 Å².